The molecule has 1 aliphatic carbocycles. The molecule has 71 valence electrons. The van der Waals surface area contributed by atoms with Gasteiger partial charge in [-0.25, -0.2) is 0 Å². The molecule has 0 saturated heterocycles. The topological polar surface area (TPSA) is 26.0 Å². The van der Waals surface area contributed by atoms with E-state index in [0.717, 1.165) is 0 Å². The van der Waals surface area contributed by atoms with Gasteiger partial charge in [0, 0.05) is 0 Å². The SMILES string of the molecule is CC1=C(C)[C](C)([Ir][NH2])C(C)=C1C. The van der Waals surface area contributed by atoms with E-state index >= 15 is 0 Å². The van der Waals surface area contributed by atoms with E-state index in [-0.39, 0.29) is 21.9 Å². The first-order valence-electron chi connectivity index (χ1n) is 4.11. The van der Waals surface area contributed by atoms with Crippen molar-refractivity contribution in [2.24, 2.45) is 4.40 Å². The van der Waals surface area contributed by atoms with Crippen molar-refractivity contribution in [3.8, 4) is 0 Å². The molecule has 0 heterocycles. The molecule has 0 bridgehead atoms. The van der Waals surface area contributed by atoms with Gasteiger partial charge in [-0.05, 0) is 0 Å². The molecule has 0 amide bonds. The van der Waals surface area contributed by atoms with Crippen LogP contribution < -0.4 is 4.40 Å². The van der Waals surface area contributed by atoms with Crippen molar-refractivity contribution in [1.82, 2.24) is 0 Å². The van der Waals surface area contributed by atoms with E-state index in [9.17, 15) is 0 Å². The molecule has 12 heavy (non-hydrogen) atoms. The Labute approximate surface area is 83.3 Å². The average Bonchev–Trinajstić information content (AvgIpc) is 2.22. The van der Waals surface area contributed by atoms with Gasteiger partial charge in [-0.1, -0.05) is 0 Å². The van der Waals surface area contributed by atoms with Crippen molar-refractivity contribution in [1.29, 1.82) is 0 Å². The molecule has 0 aromatic carbocycles. The van der Waals surface area contributed by atoms with Gasteiger partial charge in [-0.2, -0.15) is 0 Å². The Morgan fingerprint density at radius 1 is 1.00 bits per heavy atom. The van der Waals surface area contributed by atoms with Crippen LogP contribution in [0.25, 0.3) is 0 Å². The molecule has 0 aromatic rings. The molecule has 0 unspecified atom stereocenters. The number of nitrogens with two attached hydrogens (primary N) is 1. The molecule has 0 saturated carbocycles. The first-order chi connectivity index (χ1) is 5.45. The third-order valence-electron chi connectivity index (χ3n) is 3.25. The minimum absolute atomic E-state index is 0.258. The summed E-state index contributed by atoms with van der Waals surface area (Å²) >= 11 is -0.360. The summed E-state index contributed by atoms with van der Waals surface area (Å²) in [5.41, 5.74) is 5.92. The first kappa shape index (κ1) is 10.2. The van der Waals surface area contributed by atoms with Crippen molar-refractivity contribution in [3.05, 3.63) is 22.3 Å². The Balaban J connectivity index is 3.25. The van der Waals surface area contributed by atoms with Crippen LogP contribution in [0.2, 0.25) is 3.93 Å². The Kier molecular flexibility index (Phi) is 2.63. The van der Waals surface area contributed by atoms with E-state index in [2.05, 4.69) is 34.6 Å². The van der Waals surface area contributed by atoms with Crippen molar-refractivity contribution in [3.63, 3.8) is 0 Å². The van der Waals surface area contributed by atoms with Gasteiger partial charge in [0.15, 0.2) is 0 Å². The van der Waals surface area contributed by atoms with E-state index in [1.54, 1.807) is 0 Å². The quantitative estimate of drug-likeness (QED) is 0.778. The molecule has 0 aromatic heterocycles. The van der Waals surface area contributed by atoms with Crippen LogP contribution in [0.15, 0.2) is 22.3 Å². The number of hydrogen-bond donors (Lipinski definition) is 1. The second kappa shape index (κ2) is 3.10. The summed E-state index contributed by atoms with van der Waals surface area (Å²) in [5.74, 6) is 0. The molecule has 1 nitrogen and oxygen atoms in total. The van der Waals surface area contributed by atoms with Gasteiger partial charge in [0.1, 0.15) is 0 Å². The van der Waals surface area contributed by atoms with Gasteiger partial charge in [-0.3, -0.25) is 0 Å². The number of hydrogen-bond acceptors (Lipinski definition) is 1. The summed E-state index contributed by atoms with van der Waals surface area (Å²) < 4.78 is 6.19. The minimum atomic E-state index is -0.360. The maximum atomic E-state index is 5.93. The fraction of sp³-hybridized carbons (Fsp3) is 0.600. The zero-order chi connectivity index (χ0) is 9.52. The van der Waals surface area contributed by atoms with Crippen LogP contribution in [0.5, 0.6) is 0 Å². The molecule has 0 fully saturated rings. The van der Waals surface area contributed by atoms with Gasteiger partial charge in [0.05, 0.1) is 0 Å². The van der Waals surface area contributed by atoms with Crippen LogP contribution >= 0.6 is 0 Å². The third-order valence-corrected chi connectivity index (χ3v) is 6.43. The standard InChI is InChI=1S/C10H15.Ir.H2N/c1-6-7(2)9(4)10(5)8(6)3;;/h1-5H3;;1H2/q;+1;-1. The number of allylic oxidation sites excluding steroid dienone is 4. The average molecular weight is 343 g/mol. The molecular weight excluding hydrogens is 326 g/mol. The van der Waals surface area contributed by atoms with Gasteiger partial charge in [-0.15, -0.1) is 0 Å². The predicted molar refractivity (Wildman–Crippen MR) is 49.3 cm³/mol. The van der Waals surface area contributed by atoms with E-state index in [1.807, 2.05) is 0 Å². The molecule has 0 aliphatic heterocycles. The first-order valence-corrected chi connectivity index (χ1v) is 6.69. The Hall–Kier alpha value is 0.0894. The Morgan fingerprint density at radius 3 is 1.50 bits per heavy atom. The molecule has 2 N–H and O–H groups in total. The molecule has 1 rings (SSSR count). The summed E-state index contributed by atoms with van der Waals surface area (Å²) in [7, 11) is 0. The zero-order valence-electron chi connectivity index (χ0n) is 8.41. The Bertz CT molecular complexity index is 250. The zero-order valence-corrected chi connectivity index (χ0v) is 10.8. The van der Waals surface area contributed by atoms with Crippen LogP contribution in [-0.2, 0) is 17.9 Å². The molecule has 1 aliphatic rings. The van der Waals surface area contributed by atoms with Crippen LogP contribution in [0, 0.1) is 0 Å². The van der Waals surface area contributed by atoms with E-state index in [1.165, 1.54) is 22.3 Å². The van der Waals surface area contributed by atoms with Crippen molar-refractivity contribution < 1.29 is 17.9 Å². The normalized spacial score (nSPS) is 22.8. The number of rotatable bonds is 1. The second-order valence-corrected chi connectivity index (χ2v) is 6.64. The van der Waals surface area contributed by atoms with Crippen molar-refractivity contribution in [2.75, 3.05) is 0 Å². The van der Waals surface area contributed by atoms with E-state index in [4.69, 9.17) is 4.40 Å². The van der Waals surface area contributed by atoms with E-state index < -0.39 is 0 Å². The van der Waals surface area contributed by atoms with Gasteiger partial charge >= 0.3 is 83.2 Å². The summed E-state index contributed by atoms with van der Waals surface area (Å²) in [4.78, 5) is 0. The summed E-state index contributed by atoms with van der Waals surface area (Å²) in [6.07, 6.45) is 0. The van der Waals surface area contributed by atoms with Crippen molar-refractivity contribution in [2.45, 2.75) is 38.5 Å². The third kappa shape index (κ3) is 1.14. The molecule has 0 atom stereocenters. The Morgan fingerprint density at radius 2 is 1.33 bits per heavy atom. The molecular formula is C10H17IrN. The summed E-state index contributed by atoms with van der Waals surface area (Å²) in [5, 5.41) is 0. The maximum absolute atomic E-state index is 5.93. The molecule has 0 radical (unpaired) electrons. The fourth-order valence-electron chi connectivity index (χ4n) is 1.68. The summed E-state index contributed by atoms with van der Waals surface area (Å²) in [6.45, 7) is 11.2. The monoisotopic (exact) mass is 344 g/mol. The van der Waals surface area contributed by atoms with Gasteiger partial charge < -0.3 is 0 Å². The molecule has 0 spiro atoms. The fourth-order valence-corrected chi connectivity index (χ4v) is 3.61. The van der Waals surface area contributed by atoms with Crippen LogP contribution in [0.4, 0.5) is 0 Å². The van der Waals surface area contributed by atoms with Crippen LogP contribution in [0.1, 0.15) is 34.6 Å². The summed E-state index contributed by atoms with van der Waals surface area (Å²) in [6, 6.07) is 0. The predicted octanol–water partition coefficient (Wildman–Crippen LogP) is 2.81. The second-order valence-electron chi connectivity index (χ2n) is 3.55. The van der Waals surface area contributed by atoms with Crippen LogP contribution in [0.3, 0.4) is 0 Å². The van der Waals surface area contributed by atoms with Gasteiger partial charge in [0.25, 0.3) is 0 Å². The van der Waals surface area contributed by atoms with E-state index in [0.29, 0.717) is 0 Å². The van der Waals surface area contributed by atoms with Gasteiger partial charge in [0.2, 0.25) is 0 Å². The van der Waals surface area contributed by atoms with Crippen LogP contribution in [-0.4, -0.2) is 0 Å². The van der Waals surface area contributed by atoms with Crippen molar-refractivity contribution >= 4 is 0 Å². The molecule has 2 heteroatoms.